The van der Waals surface area contributed by atoms with E-state index in [2.05, 4.69) is 10.6 Å². The lowest BCUT2D eigenvalue weighted by Crippen LogP contribution is -2.39. The van der Waals surface area contributed by atoms with Crippen molar-refractivity contribution in [3.05, 3.63) is 0 Å². The normalized spacial score (nSPS) is 20.4. The van der Waals surface area contributed by atoms with E-state index >= 15 is 0 Å². The quantitative estimate of drug-likeness (QED) is 0.598. The molecule has 0 bridgehead atoms. The van der Waals surface area contributed by atoms with Gasteiger partial charge in [-0.15, -0.1) is 0 Å². The van der Waals surface area contributed by atoms with E-state index in [1.54, 1.807) is 0 Å². The molecule has 2 aliphatic rings. The number of hydrogen-bond acceptors (Lipinski definition) is 3. The zero-order chi connectivity index (χ0) is 14.6. The lowest BCUT2D eigenvalue weighted by atomic mass is 9.82. The van der Waals surface area contributed by atoms with Crippen LogP contribution < -0.4 is 10.6 Å². The fourth-order valence-corrected chi connectivity index (χ4v) is 2.77. The fourth-order valence-electron chi connectivity index (χ4n) is 2.77. The van der Waals surface area contributed by atoms with Crippen LogP contribution >= 0.6 is 0 Å². The van der Waals surface area contributed by atoms with Gasteiger partial charge in [0.25, 0.3) is 0 Å². The molecular weight excluding hydrogens is 260 g/mol. The van der Waals surface area contributed by atoms with E-state index in [9.17, 15) is 19.5 Å². The maximum Gasteiger partial charge on any atom is 0.310 e. The Hall–Kier alpha value is -1.59. The van der Waals surface area contributed by atoms with E-state index in [0.717, 1.165) is 25.7 Å². The molecular formula is C14H22N2O4. The number of carboxylic acid groups (broad SMARTS) is 1. The lowest BCUT2D eigenvalue weighted by Gasteiger charge is -2.22. The van der Waals surface area contributed by atoms with Crippen LogP contribution in [-0.4, -0.2) is 36.0 Å². The average Bonchev–Trinajstić information content (AvgIpc) is 3.15. The molecule has 6 nitrogen and oxygen atoms in total. The zero-order valence-corrected chi connectivity index (χ0v) is 11.6. The fraction of sp³-hybridized carbons (Fsp3) is 0.786. The van der Waals surface area contributed by atoms with Crippen LogP contribution in [0.5, 0.6) is 0 Å². The van der Waals surface area contributed by atoms with Crippen LogP contribution in [-0.2, 0) is 14.4 Å². The minimum atomic E-state index is -0.874. The van der Waals surface area contributed by atoms with Gasteiger partial charge < -0.3 is 15.7 Å². The van der Waals surface area contributed by atoms with Gasteiger partial charge in [0.2, 0.25) is 11.8 Å². The first kappa shape index (κ1) is 14.8. The van der Waals surface area contributed by atoms with Crippen molar-refractivity contribution in [3.8, 4) is 0 Å². The third-order valence-corrected chi connectivity index (χ3v) is 4.21. The summed E-state index contributed by atoms with van der Waals surface area (Å²) in [4.78, 5) is 34.5. The van der Waals surface area contributed by atoms with Crippen molar-refractivity contribution in [2.75, 3.05) is 13.1 Å². The van der Waals surface area contributed by atoms with Crippen LogP contribution in [0.2, 0.25) is 0 Å². The molecule has 0 aromatic heterocycles. The van der Waals surface area contributed by atoms with E-state index in [1.807, 2.05) is 0 Å². The second kappa shape index (κ2) is 6.24. The predicted molar refractivity (Wildman–Crippen MR) is 71.9 cm³/mol. The Labute approximate surface area is 118 Å². The summed E-state index contributed by atoms with van der Waals surface area (Å²) in [6.07, 6.45) is 4.86. The van der Waals surface area contributed by atoms with Crippen LogP contribution in [0.15, 0.2) is 0 Å². The summed E-state index contributed by atoms with van der Waals surface area (Å²) in [7, 11) is 0. The summed E-state index contributed by atoms with van der Waals surface area (Å²) in [5.74, 6) is -0.890. The van der Waals surface area contributed by atoms with Crippen LogP contribution in [0, 0.1) is 11.3 Å². The first-order chi connectivity index (χ1) is 9.53. The lowest BCUT2D eigenvalue weighted by molar-refractivity contribution is -0.151. The van der Waals surface area contributed by atoms with Gasteiger partial charge in [0.15, 0.2) is 0 Å². The standard InChI is InChI=1S/C14H22N2O4/c17-11(9-14(13(19)20)5-1-2-6-14)15-7-8-16-12(18)10-3-4-10/h10H,1-9H2,(H,15,17)(H,16,18)(H,19,20). The second-order valence-electron chi connectivity index (χ2n) is 5.88. The Morgan fingerprint density at radius 1 is 1.05 bits per heavy atom. The van der Waals surface area contributed by atoms with Crippen LogP contribution in [0.25, 0.3) is 0 Å². The predicted octanol–water partition coefficient (Wildman–Crippen LogP) is 0.664. The van der Waals surface area contributed by atoms with Crippen molar-refractivity contribution in [1.82, 2.24) is 10.6 Å². The Balaban J connectivity index is 1.66. The molecule has 2 aliphatic carbocycles. The van der Waals surface area contributed by atoms with Crippen LogP contribution in [0.4, 0.5) is 0 Å². The van der Waals surface area contributed by atoms with Crippen molar-refractivity contribution < 1.29 is 19.5 Å². The molecule has 3 N–H and O–H groups in total. The first-order valence-electron chi connectivity index (χ1n) is 7.31. The number of carboxylic acids is 1. The van der Waals surface area contributed by atoms with Gasteiger partial charge in [-0.05, 0) is 25.7 Å². The van der Waals surface area contributed by atoms with Gasteiger partial charge in [0, 0.05) is 25.4 Å². The summed E-state index contributed by atoms with van der Waals surface area (Å²) in [5.41, 5.74) is -0.874. The molecule has 0 aromatic carbocycles. The minimum Gasteiger partial charge on any atom is -0.481 e. The van der Waals surface area contributed by atoms with Gasteiger partial charge in [0.05, 0.1) is 5.41 Å². The van der Waals surface area contributed by atoms with Gasteiger partial charge in [0.1, 0.15) is 0 Å². The Kier molecular flexibility index (Phi) is 4.62. The van der Waals surface area contributed by atoms with Crippen LogP contribution in [0.1, 0.15) is 44.9 Å². The minimum absolute atomic E-state index is 0.0406. The molecule has 2 rings (SSSR count). The van der Waals surface area contributed by atoms with E-state index < -0.39 is 11.4 Å². The Morgan fingerprint density at radius 2 is 1.65 bits per heavy atom. The number of carbonyl (C=O) groups excluding carboxylic acids is 2. The summed E-state index contributed by atoms with van der Waals surface area (Å²) in [6, 6.07) is 0. The van der Waals surface area contributed by atoms with Crippen molar-refractivity contribution in [2.45, 2.75) is 44.9 Å². The molecule has 6 heteroatoms. The monoisotopic (exact) mass is 282 g/mol. The average molecular weight is 282 g/mol. The highest BCUT2D eigenvalue weighted by atomic mass is 16.4. The molecule has 0 aliphatic heterocycles. The zero-order valence-electron chi connectivity index (χ0n) is 11.6. The number of amides is 2. The van der Waals surface area contributed by atoms with E-state index in [4.69, 9.17) is 0 Å². The van der Waals surface area contributed by atoms with Crippen LogP contribution in [0.3, 0.4) is 0 Å². The largest absolute Gasteiger partial charge is 0.481 e. The summed E-state index contributed by atoms with van der Waals surface area (Å²) >= 11 is 0. The summed E-state index contributed by atoms with van der Waals surface area (Å²) in [6.45, 7) is 0.758. The SMILES string of the molecule is O=C(CC1(C(=O)O)CCCC1)NCCNC(=O)C1CC1. The molecule has 20 heavy (non-hydrogen) atoms. The number of nitrogens with one attached hydrogen (secondary N) is 2. The number of rotatable bonds is 7. The molecule has 0 unspecified atom stereocenters. The van der Waals surface area contributed by atoms with E-state index in [1.165, 1.54) is 0 Å². The molecule has 0 heterocycles. The molecule has 0 spiro atoms. The van der Waals surface area contributed by atoms with Gasteiger partial charge >= 0.3 is 5.97 Å². The van der Waals surface area contributed by atoms with Crippen molar-refractivity contribution in [3.63, 3.8) is 0 Å². The molecule has 0 saturated heterocycles. The molecule has 2 saturated carbocycles. The smallest absolute Gasteiger partial charge is 0.310 e. The molecule has 0 radical (unpaired) electrons. The molecule has 0 atom stereocenters. The molecule has 2 fully saturated rings. The third-order valence-electron chi connectivity index (χ3n) is 4.21. The van der Waals surface area contributed by atoms with Gasteiger partial charge in [-0.2, -0.15) is 0 Å². The topological polar surface area (TPSA) is 95.5 Å². The first-order valence-corrected chi connectivity index (χ1v) is 7.31. The number of carbonyl (C=O) groups is 3. The number of hydrogen-bond donors (Lipinski definition) is 3. The maximum absolute atomic E-state index is 11.8. The molecule has 112 valence electrons. The molecule has 2 amide bonds. The highest BCUT2D eigenvalue weighted by molar-refractivity contribution is 5.85. The van der Waals surface area contributed by atoms with Gasteiger partial charge in [-0.1, -0.05) is 12.8 Å². The van der Waals surface area contributed by atoms with E-state index in [0.29, 0.717) is 25.9 Å². The Bertz CT molecular complexity index is 398. The summed E-state index contributed by atoms with van der Waals surface area (Å²) in [5, 5.41) is 14.7. The number of aliphatic carboxylic acids is 1. The maximum atomic E-state index is 11.8. The second-order valence-corrected chi connectivity index (χ2v) is 5.88. The van der Waals surface area contributed by atoms with Gasteiger partial charge in [-0.3, -0.25) is 14.4 Å². The Morgan fingerprint density at radius 3 is 2.20 bits per heavy atom. The van der Waals surface area contributed by atoms with Crippen molar-refractivity contribution >= 4 is 17.8 Å². The molecule has 0 aromatic rings. The van der Waals surface area contributed by atoms with Crippen molar-refractivity contribution in [2.24, 2.45) is 11.3 Å². The third kappa shape index (κ3) is 3.71. The van der Waals surface area contributed by atoms with E-state index in [-0.39, 0.29) is 24.2 Å². The summed E-state index contributed by atoms with van der Waals surface area (Å²) < 4.78 is 0. The van der Waals surface area contributed by atoms with Crippen molar-refractivity contribution in [1.29, 1.82) is 0 Å². The van der Waals surface area contributed by atoms with Gasteiger partial charge in [-0.25, -0.2) is 0 Å². The highest BCUT2D eigenvalue weighted by Gasteiger charge is 2.42. The highest BCUT2D eigenvalue weighted by Crippen LogP contribution is 2.41.